The summed E-state index contributed by atoms with van der Waals surface area (Å²) in [5, 5.41) is 11.3. The zero-order valence-corrected chi connectivity index (χ0v) is 11.5. The molecule has 2 aromatic heterocycles. The average molecular weight is 300 g/mol. The Bertz CT molecular complexity index is 755. The standard InChI is InChI=1S/C14H10ClN5O/c15-10-5-6-16-13(9-10)14(21)19-11-1-3-12(4-2-11)20-17-7-8-18-20/h1-9H,(H,19,21). The summed E-state index contributed by atoms with van der Waals surface area (Å²) in [6, 6.07) is 10.3. The number of benzene rings is 1. The van der Waals surface area contributed by atoms with Gasteiger partial charge >= 0.3 is 0 Å². The molecule has 0 aliphatic carbocycles. The fourth-order valence-electron chi connectivity index (χ4n) is 1.75. The fraction of sp³-hybridized carbons (Fsp3) is 0. The molecule has 1 N–H and O–H groups in total. The van der Waals surface area contributed by atoms with Crippen LogP contribution < -0.4 is 5.32 Å². The number of halogens is 1. The molecule has 0 bridgehead atoms. The number of amides is 1. The monoisotopic (exact) mass is 299 g/mol. The van der Waals surface area contributed by atoms with E-state index in [2.05, 4.69) is 20.5 Å². The number of rotatable bonds is 3. The van der Waals surface area contributed by atoms with Crippen molar-refractivity contribution in [2.75, 3.05) is 5.32 Å². The molecule has 0 spiro atoms. The Morgan fingerprint density at radius 2 is 1.76 bits per heavy atom. The number of pyridine rings is 1. The highest BCUT2D eigenvalue weighted by molar-refractivity contribution is 6.30. The lowest BCUT2D eigenvalue weighted by molar-refractivity contribution is 0.102. The van der Waals surface area contributed by atoms with Crippen LogP contribution in [0.2, 0.25) is 5.02 Å². The zero-order chi connectivity index (χ0) is 14.7. The molecule has 0 aliphatic rings. The summed E-state index contributed by atoms with van der Waals surface area (Å²) in [6.07, 6.45) is 4.69. The molecule has 3 aromatic rings. The van der Waals surface area contributed by atoms with Gasteiger partial charge in [-0.05, 0) is 36.4 Å². The van der Waals surface area contributed by atoms with Gasteiger partial charge in [0.05, 0.1) is 18.1 Å². The third-order valence-corrected chi connectivity index (χ3v) is 2.96. The van der Waals surface area contributed by atoms with Gasteiger partial charge < -0.3 is 5.32 Å². The summed E-state index contributed by atoms with van der Waals surface area (Å²) in [7, 11) is 0. The zero-order valence-electron chi connectivity index (χ0n) is 10.8. The lowest BCUT2D eigenvalue weighted by Crippen LogP contribution is -2.13. The van der Waals surface area contributed by atoms with Gasteiger partial charge in [0, 0.05) is 16.9 Å². The minimum atomic E-state index is -0.317. The smallest absolute Gasteiger partial charge is 0.274 e. The van der Waals surface area contributed by atoms with E-state index in [0.29, 0.717) is 10.7 Å². The summed E-state index contributed by atoms with van der Waals surface area (Å²) in [5.41, 5.74) is 1.72. The highest BCUT2D eigenvalue weighted by atomic mass is 35.5. The van der Waals surface area contributed by atoms with E-state index in [9.17, 15) is 4.79 Å². The Hall–Kier alpha value is -2.73. The summed E-state index contributed by atoms with van der Waals surface area (Å²) >= 11 is 5.83. The molecule has 1 aromatic carbocycles. The number of hydrogen-bond acceptors (Lipinski definition) is 4. The lowest BCUT2D eigenvalue weighted by atomic mass is 10.2. The fourth-order valence-corrected chi connectivity index (χ4v) is 1.91. The van der Waals surface area contributed by atoms with Crippen LogP contribution in [0.25, 0.3) is 5.69 Å². The average Bonchev–Trinajstić information content (AvgIpc) is 3.02. The minimum Gasteiger partial charge on any atom is -0.321 e. The molecule has 0 radical (unpaired) electrons. The van der Waals surface area contributed by atoms with Crippen molar-refractivity contribution in [1.29, 1.82) is 0 Å². The quantitative estimate of drug-likeness (QED) is 0.806. The highest BCUT2D eigenvalue weighted by Crippen LogP contribution is 2.14. The summed E-state index contributed by atoms with van der Waals surface area (Å²) in [4.78, 5) is 17.5. The molecule has 104 valence electrons. The van der Waals surface area contributed by atoms with Gasteiger partial charge in [-0.1, -0.05) is 11.6 Å². The number of aromatic nitrogens is 4. The molecule has 3 rings (SSSR count). The molecule has 0 aliphatic heterocycles. The van der Waals surface area contributed by atoms with Crippen LogP contribution in [-0.4, -0.2) is 25.9 Å². The molecule has 7 heteroatoms. The summed E-state index contributed by atoms with van der Waals surface area (Å²) in [6.45, 7) is 0. The number of nitrogens with one attached hydrogen (secondary N) is 1. The molecule has 1 amide bonds. The van der Waals surface area contributed by atoms with Crippen molar-refractivity contribution in [3.05, 3.63) is 65.7 Å². The van der Waals surface area contributed by atoms with Gasteiger partial charge in [0.25, 0.3) is 5.91 Å². The van der Waals surface area contributed by atoms with Crippen LogP contribution in [-0.2, 0) is 0 Å². The largest absolute Gasteiger partial charge is 0.321 e. The number of carbonyl (C=O) groups is 1. The van der Waals surface area contributed by atoms with Crippen LogP contribution in [0, 0.1) is 0 Å². The van der Waals surface area contributed by atoms with E-state index in [1.165, 1.54) is 17.1 Å². The molecule has 0 saturated heterocycles. The van der Waals surface area contributed by atoms with Crippen LogP contribution in [0.15, 0.2) is 55.0 Å². The van der Waals surface area contributed by atoms with Gasteiger partial charge in [-0.25, -0.2) is 0 Å². The topological polar surface area (TPSA) is 72.7 Å². The number of nitrogens with zero attached hydrogens (tertiary/aromatic N) is 4. The molecule has 21 heavy (non-hydrogen) atoms. The van der Waals surface area contributed by atoms with Crippen LogP contribution in [0.1, 0.15) is 10.5 Å². The second kappa shape index (κ2) is 5.72. The van der Waals surface area contributed by atoms with E-state index >= 15 is 0 Å². The van der Waals surface area contributed by atoms with Crippen molar-refractivity contribution in [3.63, 3.8) is 0 Å². The maximum atomic E-state index is 12.0. The minimum absolute atomic E-state index is 0.264. The first-order chi connectivity index (χ1) is 10.2. The second-order valence-corrected chi connectivity index (χ2v) is 4.62. The van der Waals surface area contributed by atoms with Crippen molar-refractivity contribution < 1.29 is 4.79 Å². The van der Waals surface area contributed by atoms with Gasteiger partial charge in [0.15, 0.2) is 0 Å². The number of anilines is 1. The predicted molar refractivity (Wildman–Crippen MR) is 78.6 cm³/mol. The van der Waals surface area contributed by atoms with Gasteiger partial charge in [-0.15, -0.1) is 0 Å². The van der Waals surface area contributed by atoms with Crippen molar-refractivity contribution in [3.8, 4) is 5.69 Å². The molecule has 0 unspecified atom stereocenters. The Labute approximate surface area is 125 Å². The van der Waals surface area contributed by atoms with E-state index in [4.69, 9.17) is 11.6 Å². The third kappa shape index (κ3) is 3.06. The Morgan fingerprint density at radius 3 is 2.43 bits per heavy atom. The van der Waals surface area contributed by atoms with Crippen LogP contribution in [0.5, 0.6) is 0 Å². The Kier molecular flexibility index (Phi) is 3.61. The predicted octanol–water partition coefficient (Wildman–Crippen LogP) is 2.57. The molecular weight excluding hydrogens is 290 g/mol. The number of hydrogen-bond donors (Lipinski definition) is 1. The Balaban J connectivity index is 1.75. The molecular formula is C14H10ClN5O. The van der Waals surface area contributed by atoms with Crippen molar-refractivity contribution in [2.24, 2.45) is 0 Å². The first-order valence-electron chi connectivity index (χ1n) is 6.12. The van der Waals surface area contributed by atoms with Crippen LogP contribution >= 0.6 is 11.6 Å². The first kappa shape index (κ1) is 13.3. The second-order valence-electron chi connectivity index (χ2n) is 4.18. The molecule has 0 fully saturated rings. The van der Waals surface area contributed by atoms with E-state index in [0.717, 1.165) is 5.69 Å². The number of carbonyl (C=O) groups excluding carboxylic acids is 1. The summed E-state index contributed by atoms with van der Waals surface area (Å²) < 4.78 is 0. The van der Waals surface area contributed by atoms with Crippen molar-refractivity contribution >= 4 is 23.2 Å². The maximum absolute atomic E-state index is 12.0. The van der Waals surface area contributed by atoms with Crippen molar-refractivity contribution in [2.45, 2.75) is 0 Å². The van der Waals surface area contributed by atoms with Gasteiger partial charge in [0.1, 0.15) is 5.69 Å². The van der Waals surface area contributed by atoms with E-state index in [1.807, 2.05) is 0 Å². The molecule has 0 atom stereocenters. The van der Waals surface area contributed by atoms with Gasteiger partial charge in [-0.2, -0.15) is 15.0 Å². The third-order valence-electron chi connectivity index (χ3n) is 2.73. The maximum Gasteiger partial charge on any atom is 0.274 e. The van der Waals surface area contributed by atoms with E-state index in [-0.39, 0.29) is 11.6 Å². The lowest BCUT2D eigenvalue weighted by Gasteiger charge is -2.06. The first-order valence-corrected chi connectivity index (χ1v) is 6.50. The van der Waals surface area contributed by atoms with Crippen molar-refractivity contribution in [1.82, 2.24) is 20.0 Å². The van der Waals surface area contributed by atoms with E-state index in [1.54, 1.807) is 42.7 Å². The van der Waals surface area contributed by atoms with Gasteiger partial charge in [-0.3, -0.25) is 9.78 Å². The van der Waals surface area contributed by atoms with Crippen LogP contribution in [0.4, 0.5) is 5.69 Å². The Morgan fingerprint density at radius 1 is 1.05 bits per heavy atom. The SMILES string of the molecule is O=C(Nc1ccc(-n2nccn2)cc1)c1cc(Cl)ccn1. The van der Waals surface area contributed by atoms with E-state index < -0.39 is 0 Å². The highest BCUT2D eigenvalue weighted by Gasteiger charge is 2.08. The molecule has 2 heterocycles. The van der Waals surface area contributed by atoms with Gasteiger partial charge in [0.2, 0.25) is 0 Å². The normalized spacial score (nSPS) is 10.3. The van der Waals surface area contributed by atoms with Crippen LogP contribution in [0.3, 0.4) is 0 Å². The molecule has 0 saturated carbocycles. The molecule has 6 nitrogen and oxygen atoms in total. The summed E-state index contributed by atoms with van der Waals surface area (Å²) in [5.74, 6) is -0.317.